The molecule has 2 aromatic carbocycles. The molecule has 0 bridgehead atoms. The summed E-state index contributed by atoms with van der Waals surface area (Å²) >= 11 is 0.957. The van der Waals surface area contributed by atoms with Gasteiger partial charge in [0.05, 0.1) is 12.3 Å². The Morgan fingerprint density at radius 1 is 1.00 bits per heavy atom. The maximum atomic E-state index is 13.2. The van der Waals surface area contributed by atoms with Gasteiger partial charge in [0.25, 0.3) is 10.2 Å². The highest BCUT2D eigenvalue weighted by molar-refractivity contribution is 7.87. The number of rotatable bonds is 14. The van der Waals surface area contributed by atoms with Crippen molar-refractivity contribution in [1.82, 2.24) is 15.0 Å². The Morgan fingerprint density at radius 2 is 1.68 bits per heavy atom. The van der Waals surface area contributed by atoms with Gasteiger partial charge < -0.3 is 20.1 Å². The number of anilines is 1. The Bertz CT molecular complexity index is 1380. The summed E-state index contributed by atoms with van der Waals surface area (Å²) < 4.78 is 34.8. The third kappa shape index (κ3) is 10.0. The SMILES string of the molecule is CCOC(=O)c1sc(NC(=O)[C@H](CCCCNS(N)(=O)=O)NC(=O)OCc2ccccc2)nc1-c1ccccc1. The molecular weight excluding hydrogens is 558 g/mol. The topological polar surface area (TPSA) is 179 Å². The van der Waals surface area contributed by atoms with E-state index >= 15 is 0 Å². The van der Waals surface area contributed by atoms with E-state index in [2.05, 4.69) is 20.3 Å². The van der Waals surface area contributed by atoms with E-state index in [1.807, 2.05) is 24.3 Å². The van der Waals surface area contributed by atoms with E-state index in [-0.39, 0.29) is 36.2 Å². The first-order valence-corrected chi connectivity index (χ1v) is 14.8. The van der Waals surface area contributed by atoms with Crippen LogP contribution in [0.25, 0.3) is 11.3 Å². The Hall–Kier alpha value is -3.85. The summed E-state index contributed by atoms with van der Waals surface area (Å²) in [5, 5.41) is 10.3. The summed E-state index contributed by atoms with van der Waals surface area (Å²) in [7, 11) is -3.83. The van der Waals surface area contributed by atoms with Gasteiger partial charge in [-0.1, -0.05) is 72.0 Å². The van der Waals surface area contributed by atoms with Crippen LogP contribution in [0.15, 0.2) is 60.7 Å². The Labute approximate surface area is 236 Å². The molecule has 0 fully saturated rings. The number of ether oxygens (including phenoxy) is 2. The summed E-state index contributed by atoms with van der Waals surface area (Å²) in [6.07, 6.45) is 0.104. The van der Waals surface area contributed by atoms with Gasteiger partial charge in [0.15, 0.2) is 5.13 Å². The van der Waals surface area contributed by atoms with Crippen molar-refractivity contribution in [3.63, 3.8) is 0 Å². The number of carbonyl (C=O) groups excluding carboxylic acids is 3. The fourth-order valence-corrected chi connectivity index (χ4v) is 4.87. The van der Waals surface area contributed by atoms with Gasteiger partial charge >= 0.3 is 12.1 Å². The Kier molecular flexibility index (Phi) is 11.6. The van der Waals surface area contributed by atoms with Gasteiger partial charge in [0.1, 0.15) is 17.5 Å². The second kappa shape index (κ2) is 15.1. The van der Waals surface area contributed by atoms with Crippen LogP contribution in [-0.2, 0) is 31.1 Å². The molecule has 1 heterocycles. The minimum absolute atomic E-state index is 0.00904. The highest BCUT2D eigenvalue weighted by Gasteiger charge is 2.25. The molecule has 12 nitrogen and oxygen atoms in total. The van der Waals surface area contributed by atoms with E-state index in [1.165, 1.54) is 0 Å². The van der Waals surface area contributed by atoms with Crippen LogP contribution in [0, 0.1) is 0 Å². The normalized spacial score (nSPS) is 11.8. The highest BCUT2D eigenvalue weighted by Crippen LogP contribution is 2.32. The average Bonchev–Trinajstić information content (AvgIpc) is 3.35. The predicted octanol–water partition coefficient (Wildman–Crippen LogP) is 3.18. The number of unbranched alkanes of at least 4 members (excludes halogenated alkanes) is 1. The minimum atomic E-state index is -3.83. The number of carbonyl (C=O) groups is 3. The van der Waals surface area contributed by atoms with E-state index in [1.54, 1.807) is 43.3 Å². The summed E-state index contributed by atoms with van der Waals surface area (Å²) in [4.78, 5) is 43.0. The maximum absolute atomic E-state index is 13.2. The van der Waals surface area contributed by atoms with Crippen molar-refractivity contribution in [3.05, 3.63) is 71.1 Å². The molecule has 0 radical (unpaired) electrons. The lowest BCUT2D eigenvalue weighted by atomic mass is 10.1. The van der Waals surface area contributed by atoms with Crippen molar-refractivity contribution in [1.29, 1.82) is 0 Å². The number of nitrogens with zero attached hydrogens (tertiary/aromatic N) is 1. The lowest BCUT2D eigenvalue weighted by Crippen LogP contribution is -2.44. The summed E-state index contributed by atoms with van der Waals surface area (Å²) in [5.74, 6) is -1.15. The lowest BCUT2D eigenvalue weighted by molar-refractivity contribution is -0.118. The maximum Gasteiger partial charge on any atom is 0.408 e. The molecule has 2 amide bonds. The lowest BCUT2D eigenvalue weighted by Gasteiger charge is -2.17. The predicted molar refractivity (Wildman–Crippen MR) is 151 cm³/mol. The first-order chi connectivity index (χ1) is 19.2. The molecule has 1 aromatic heterocycles. The standard InChI is InChI=1S/C26H31N5O7S2/c1-2-37-24(33)22-21(19-13-7-4-8-14-19)30-25(39-22)31-23(32)20(15-9-10-16-28-40(27,35)36)29-26(34)38-17-18-11-5-3-6-12-18/h3-8,11-14,20,28H,2,9-10,15-17H2,1H3,(H,29,34)(H2,27,35,36)(H,30,31,32)/t20-/m0/s1. The zero-order valence-corrected chi connectivity index (χ0v) is 23.4. The zero-order valence-electron chi connectivity index (χ0n) is 21.8. The molecule has 1 atom stereocenters. The minimum Gasteiger partial charge on any atom is -0.462 e. The number of esters is 1. The van der Waals surface area contributed by atoms with Crippen molar-refractivity contribution < 1.29 is 32.3 Å². The van der Waals surface area contributed by atoms with Crippen LogP contribution < -0.4 is 20.5 Å². The quantitative estimate of drug-likeness (QED) is 0.163. The molecular formula is C26H31N5O7S2. The molecule has 0 spiro atoms. The molecule has 0 aliphatic rings. The molecule has 0 aliphatic carbocycles. The average molecular weight is 590 g/mol. The molecule has 0 saturated carbocycles. The third-order valence-electron chi connectivity index (χ3n) is 5.41. The number of amides is 2. The smallest absolute Gasteiger partial charge is 0.408 e. The van der Waals surface area contributed by atoms with Gasteiger partial charge in [0.2, 0.25) is 5.91 Å². The molecule has 40 heavy (non-hydrogen) atoms. The van der Waals surface area contributed by atoms with E-state index in [4.69, 9.17) is 14.6 Å². The third-order valence-corrected chi connectivity index (χ3v) is 6.97. The molecule has 14 heteroatoms. The largest absolute Gasteiger partial charge is 0.462 e. The van der Waals surface area contributed by atoms with Crippen molar-refractivity contribution in [3.8, 4) is 11.3 Å². The van der Waals surface area contributed by atoms with Crippen LogP contribution in [0.5, 0.6) is 0 Å². The number of nitrogens with two attached hydrogens (primary N) is 1. The highest BCUT2D eigenvalue weighted by atomic mass is 32.2. The number of nitrogens with one attached hydrogen (secondary N) is 3. The van der Waals surface area contributed by atoms with Crippen LogP contribution in [-0.4, -0.2) is 50.6 Å². The van der Waals surface area contributed by atoms with Crippen LogP contribution in [0.2, 0.25) is 0 Å². The van der Waals surface area contributed by atoms with E-state index in [0.717, 1.165) is 16.9 Å². The molecule has 214 valence electrons. The van der Waals surface area contributed by atoms with Gasteiger partial charge in [-0.05, 0) is 31.7 Å². The number of aromatic nitrogens is 1. The molecule has 0 unspecified atom stereocenters. The molecule has 0 aliphatic heterocycles. The first-order valence-electron chi connectivity index (χ1n) is 12.4. The van der Waals surface area contributed by atoms with Gasteiger partial charge in [-0.3, -0.25) is 4.79 Å². The molecule has 3 rings (SSSR count). The summed E-state index contributed by atoms with van der Waals surface area (Å²) in [6, 6.07) is 17.0. The summed E-state index contributed by atoms with van der Waals surface area (Å²) in [5.41, 5.74) is 1.81. The second-order valence-electron chi connectivity index (χ2n) is 8.47. The monoisotopic (exact) mass is 589 g/mol. The van der Waals surface area contributed by atoms with Crippen molar-refractivity contribution in [2.24, 2.45) is 5.14 Å². The fourth-order valence-electron chi connectivity index (χ4n) is 3.56. The first kappa shape index (κ1) is 30.7. The van der Waals surface area contributed by atoms with Crippen LogP contribution in [0.4, 0.5) is 9.93 Å². The van der Waals surface area contributed by atoms with Crippen molar-refractivity contribution >= 4 is 44.6 Å². The second-order valence-corrected chi connectivity index (χ2v) is 10.8. The number of benzene rings is 2. The zero-order chi connectivity index (χ0) is 29.0. The van der Waals surface area contributed by atoms with E-state index < -0.39 is 34.2 Å². The van der Waals surface area contributed by atoms with Gasteiger partial charge in [-0.15, -0.1) is 0 Å². The summed E-state index contributed by atoms with van der Waals surface area (Å²) in [6.45, 7) is 1.94. The Balaban J connectivity index is 1.72. The molecule has 3 aromatic rings. The van der Waals surface area contributed by atoms with Crippen molar-refractivity contribution in [2.45, 2.75) is 38.8 Å². The van der Waals surface area contributed by atoms with E-state index in [0.29, 0.717) is 24.1 Å². The fraction of sp³-hybridized carbons (Fsp3) is 0.308. The molecule has 5 N–H and O–H groups in total. The van der Waals surface area contributed by atoms with Crippen molar-refractivity contribution in [2.75, 3.05) is 18.5 Å². The molecule has 0 saturated heterocycles. The number of hydrogen-bond acceptors (Lipinski definition) is 9. The van der Waals surface area contributed by atoms with Gasteiger partial charge in [-0.25, -0.2) is 24.4 Å². The number of hydrogen-bond donors (Lipinski definition) is 4. The van der Waals surface area contributed by atoms with Gasteiger partial charge in [-0.2, -0.15) is 8.42 Å². The van der Waals surface area contributed by atoms with Crippen LogP contribution >= 0.6 is 11.3 Å². The van der Waals surface area contributed by atoms with E-state index in [9.17, 15) is 22.8 Å². The van der Waals surface area contributed by atoms with Crippen LogP contribution in [0.1, 0.15) is 41.4 Å². The Morgan fingerprint density at radius 3 is 2.33 bits per heavy atom. The number of alkyl carbamates (subject to hydrolysis) is 1. The van der Waals surface area contributed by atoms with Crippen LogP contribution in [0.3, 0.4) is 0 Å². The van der Waals surface area contributed by atoms with Gasteiger partial charge in [0, 0.05) is 12.1 Å². The number of thiazole rings is 1.